The normalized spacial score (nSPS) is 10.3. The van der Waals surface area contributed by atoms with Crippen molar-refractivity contribution in [3.8, 4) is 0 Å². The molecule has 0 unspecified atom stereocenters. The Morgan fingerprint density at radius 3 is 2.56 bits per heavy atom. The topological polar surface area (TPSA) is 38.0 Å². The number of nitrogens with two attached hydrogens (primary N) is 1. The SMILES string of the molecule is Nc1c(F)cccc1NCCc1ccc(Cl)cc1. The maximum Gasteiger partial charge on any atom is 0.148 e. The zero-order valence-electron chi connectivity index (χ0n) is 9.79. The van der Waals surface area contributed by atoms with E-state index in [1.807, 2.05) is 24.3 Å². The van der Waals surface area contributed by atoms with E-state index in [1.165, 1.54) is 11.6 Å². The lowest BCUT2D eigenvalue weighted by molar-refractivity contribution is 0.633. The van der Waals surface area contributed by atoms with Crippen molar-refractivity contribution >= 4 is 23.0 Å². The lowest BCUT2D eigenvalue weighted by Gasteiger charge is -2.09. The Morgan fingerprint density at radius 2 is 1.83 bits per heavy atom. The average molecular weight is 265 g/mol. The first-order chi connectivity index (χ1) is 8.66. The molecule has 3 N–H and O–H groups in total. The molecule has 0 atom stereocenters. The Bertz CT molecular complexity index is 526. The summed E-state index contributed by atoms with van der Waals surface area (Å²) in [5.41, 5.74) is 7.58. The van der Waals surface area contributed by atoms with Gasteiger partial charge >= 0.3 is 0 Å². The van der Waals surface area contributed by atoms with Gasteiger partial charge in [-0.05, 0) is 36.2 Å². The highest BCUT2D eigenvalue weighted by Gasteiger charge is 2.03. The first-order valence-electron chi connectivity index (χ1n) is 5.69. The minimum atomic E-state index is -0.397. The number of nitrogens with one attached hydrogen (secondary N) is 1. The molecule has 0 aliphatic rings. The van der Waals surface area contributed by atoms with Crippen LogP contribution in [0.5, 0.6) is 0 Å². The van der Waals surface area contributed by atoms with E-state index in [-0.39, 0.29) is 5.69 Å². The Hall–Kier alpha value is -1.74. The molecule has 0 spiro atoms. The Balaban J connectivity index is 1.92. The zero-order chi connectivity index (χ0) is 13.0. The number of hydrogen-bond donors (Lipinski definition) is 2. The molecular formula is C14H14ClFN2. The molecule has 18 heavy (non-hydrogen) atoms. The van der Waals surface area contributed by atoms with Crippen LogP contribution >= 0.6 is 11.6 Å². The van der Waals surface area contributed by atoms with Gasteiger partial charge < -0.3 is 11.1 Å². The summed E-state index contributed by atoms with van der Waals surface area (Å²) in [6, 6.07) is 12.4. The van der Waals surface area contributed by atoms with Crippen molar-refractivity contribution in [1.29, 1.82) is 0 Å². The number of halogens is 2. The van der Waals surface area contributed by atoms with Crippen LogP contribution in [-0.4, -0.2) is 6.54 Å². The highest BCUT2D eigenvalue weighted by Crippen LogP contribution is 2.21. The van der Waals surface area contributed by atoms with Crippen LogP contribution in [-0.2, 0) is 6.42 Å². The van der Waals surface area contributed by atoms with Gasteiger partial charge in [-0.1, -0.05) is 29.8 Å². The van der Waals surface area contributed by atoms with Gasteiger partial charge in [0.15, 0.2) is 0 Å². The summed E-state index contributed by atoms with van der Waals surface area (Å²) in [7, 11) is 0. The summed E-state index contributed by atoms with van der Waals surface area (Å²) in [5.74, 6) is -0.397. The molecule has 4 heteroatoms. The van der Waals surface area contributed by atoms with E-state index in [0.29, 0.717) is 12.2 Å². The number of hydrogen-bond acceptors (Lipinski definition) is 2. The van der Waals surface area contributed by atoms with Gasteiger partial charge in [-0.15, -0.1) is 0 Å². The third kappa shape index (κ3) is 3.14. The Morgan fingerprint density at radius 1 is 1.11 bits per heavy atom. The first kappa shape index (κ1) is 12.7. The molecule has 2 nitrogen and oxygen atoms in total. The van der Waals surface area contributed by atoms with E-state index < -0.39 is 5.82 Å². The standard InChI is InChI=1S/C14H14ClFN2/c15-11-6-4-10(5-7-11)8-9-18-13-3-1-2-12(16)14(13)17/h1-7,18H,8-9,17H2. The molecule has 0 fully saturated rings. The van der Waals surface area contributed by atoms with Gasteiger partial charge in [0.2, 0.25) is 0 Å². The quantitative estimate of drug-likeness (QED) is 0.826. The second kappa shape index (κ2) is 5.74. The predicted octanol–water partition coefficient (Wildman–Crippen LogP) is 3.72. The van der Waals surface area contributed by atoms with Crippen molar-refractivity contribution in [3.05, 3.63) is 58.9 Å². The zero-order valence-corrected chi connectivity index (χ0v) is 10.5. The first-order valence-corrected chi connectivity index (χ1v) is 6.07. The van der Waals surface area contributed by atoms with E-state index in [0.717, 1.165) is 11.4 Å². The summed E-state index contributed by atoms with van der Waals surface area (Å²) < 4.78 is 13.2. The molecule has 0 radical (unpaired) electrons. The van der Waals surface area contributed by atoms with Gasteiger partial charge in [0.05, 0.1) is 11.4 Å². The molecule has 0 aromatic heterocycles. The number of nitrogen functional groups attached to an aromatic ring is 1. The van der Waals surface area contributed by atoms with Crippen LogP contribution < -0.4 is 11.1 Å². The molecular weight excluding hydrogens is 251 g/mol. The fourth-order valence-corrected chi connectivity index (χ4v) is 1.81. The Labute approximate surface area is 111 Å². The summed E-state index contributed by atoms with van der Waals surface area (Å²) in [5, 5.41) is 3.84. The van der Waals surface area contributed by atoms with Gasteiger partial charge in [-0.25, -0.2) is 4.39 Å². The van der Waals surface area contributed by atoms with Crippen molar-refractivity contribution < 1.29 is 4.39 Å². The molecule has 2 aromatic carbocycles. The second-order valence-corrected chi connectivity index (χ2v) is 4.44. The van der Waals surface area contributed by atoms with Crippen molar-refractivity contribution in [2.45, 2.75) is 6.42 Å². The van der Waals surface area contributed by atoms with Crippen LogP contribution in [0.25, 0.3) is 0 Å². The van der Waals surface area contributed by atoms with E-state index in [4.69, 9.17) is 17.3 Å². The molecule has 0 bridgehead atoms. The van der Waals surface area contributed by atoms with Crippen LogP contribution in [0.1, 0.15) is 5.56 Å². The van der Waals surface area contributed by atoms with Gasteiger partial charge in [0, 0.05) is 11.6 Å². The third-order valence-electron chi connectivity index (χ3n) is 2.70. The fourth-order valence-electron chi connectivity index (χ4n) is 1.68. The predicted molar refractivity (Wildman–Crippen MR) is 74.5 cm³/mol. The van der Waals surface area contributed by atoms with E-state index in [2.05, 4.69) is 5.32 Å². The molecule has 0 aliphatic heterocycles. The average Bonchev–Trinajstić information content (AvgIpc) is 2.37. The summed E-state index contributed by atoms with van der Waals surface area (Å²) >= 11 is 5.81. The number of para-hydroxylation sites is 1. The van der Waals surface area contributed by atoms with Crippen LogP contribution in [0, 0.1) is 5.82 Å². The molecule has 2 aromatic rings. The number of anilines is 2. The number of rotatable bonds is 4. The molecule has 94 valence electrons. The van der Waals surface area contributed by atoms with Crippen LogP contribution in [0.4, 0.5) is 15.8 Å². The van der Waals surface area contributed by atoms with Gasteiger partial charge in [-0.2, -0.15) is 0 Å². The molecule has 2 rings (SSSR count). The van der Waals surface area contributed by atoms with Crippen molar-refractivity contribution in [2.24, 2.45) is 0 Å². The van der Waals surface area contributed by atoms with E-state index >= 15 is 0 Å². The van der Waals surface area contributed by atoms with Crippen molar-refractivity contribution in [3.63, 3.8) is 0 Å². The third-order valence-corrected chi connectivity index (χ3v) is 2.95. The summed E-state index contributed by atoms with van der Waals surface area (Å²) in [4.78, 5) is 0. The molecule has 0 saturated carbocycles. The monoisotopic (exact) mass is 264 g/mol. The van der Waals surface area contributed by atoms with Crippen LogP contribution in [0.3, 0.4) is 0 Å². The minimum Gasteiger partial charge on any atom is -0.395 e. The van der Waals surface area contributed by atoms with Gasteiger partial charge in [0.25, 0.3) is 0 Å². The van der Waals surface area contributed by atoms with Crippen molar-refractivity contribution in [1.82, 2.24) is 0 Å². The van der Waals surface area contributed by atoms with Gasteiger partial charge in [-0.3, -0.25) is 0 Å². The van der Waals surface area contributed by atoms with Gasteiger partial charge in [0.1, 0.15) is 5.82 Å². The maximum absolute atomic E-state index is 13.2. The lowest BCUT2D eigenvalue weighted by Crippen LogP contribution is -2.07. The summed E-state index contributed by atoms with van der Waals surface area (Å²) in [6.45, 7) is 0.690. The fraction of sp³-hybridized carbons (Fsp3) is 0.143. The lowest BCUT2D eigenvalue weighted by atomic mass is 10.1. The van der Waals surface area contributed by atoms with E-state index in [1.54, 1.807) is 12.1 Å². The maximum atomic E-state index is 13.2. The summed E-state index contributed by atoms with van der Waals surface area (Å²) in [6.07, 6.45) is 0.827. The largest absolute Gasteiger partial charge is 0.395 e. The molecule has 0 heterocycles. The van der Waals surface area contributed by atoms with Crippen LogP contribution in [0.15, 0.2) is 42.5 Å². The number of benzene rings is 2. The highest BCUT2D eigenvalue weighted by atomic mass is 35.5. The molecule has 0 amide bonds. The van der Waals surface area contributed by atoms with Crippen LogP contribution in [0.2, 0.25) is 5.02 Å². The van der Waals surface area contributed by atoms with Crippen molar-refractivity contribution in [2.75, 3.05) is 17.6 Å². The minimum absolute atomic E-state index is 0.161. The van der Waals surface area contributed by atoms with E-state index in [9.17, 15) is 4.39 Å². The Kier molecular flexibility index (Phi) is 4.05. The molecule has 0 aliphatic carbocycles. The smallest absolute Gasteiger partial charge is 0.148 e. The molecule has 0 saturated heterocycles. The highest BCUT2D eigenvalue weighted by molar-refractivity contribution is 6.30. The second-order valence-electron chi connectivity index (χ2n) is 4.00.